The fourth-order valence-corrected chi connectivity index (χ4v) is 8.60. The van der Waals surface area contributed by atoms with E-state index in [4.69, 9.17) is 14.8 Å². The van der Waals surface area contributed by atoms with Crippen molar-refractivity contribution in [1.82, 2.24) is 19.3 Å². The maximum absolute atomic E-state index is 6.87. The van der Waals surface area contributed by atoms with Gasteiger partial charge in [0.05, 0.1) is 22.4 Å². The third kappa shape index (κ3) is 6.71. The number of rotatable bonds is 8. The highest BCUT2D eigenvalue weighted by Gasteiger charge is 2.33. The van der Waals surface area contributed by atoms with Gasteiger partial charge in [0.15, 0.2) is 0 Å². The molecule has 0 fully saturated rings. The average Bonchev–Trinajstić information content (AvgIpc) is 3.57. The molecular formula is C47H56N4O. The highest BCUT2D eigenvalue weighted by molar-refractivity contribution is 6.09. The summed E-state index contributed by atoms with van der Waals surface area (Å²) in [6.45, 7) is 25.2. The Morgan fingerprint density at radius 1 is 0.846 bits per heavy atom. The molecule has 1 unspecified atom stereocenters. The van der Waals surface area contributed by atoms with Gasteiger partial charge in [-0.3, -0.25) is 4.57 Å². The fraction of sp³-hybridized carbons (Fsp3) is 0.404. The zero-order valence-electron chi connectivity index (χ0n) is 33.1. The van der Waals surface area contributed by atoms with Crippen molar-refractivity contribution in [2.45, 2.75) is 106 Å². The van der Waals surface area contributed by atoms with Crippen LogP contribution in [0.15, 0.2) is 90.6 Å². The average molecular weight is 693 g/mol. The lowest BCUT2D eigenvalue weighted by Gasteiger charge is -2.33. The number of aryl methyl sites for hydroxylation is 1. The summed E-state index contributed by atoms with van der Waals surface area (Å²) in [5, 5.41) is 7.70. The van der Waals surface area contributed by atoms with Gasteiger partial charge in [-0.1, -0.05) is 92.2 Å². The summed E-state index contributed by atoms with van der Waals surface area (Å²) in [6.07, 6.45) is 6.58. The van der Waals surface area contributed by atoms with Gasteiger partial charge >= 0.3 is 0 Å². The van der Waals surface area contributed by atoms with Crippen LogP contribution in [0, 0.1) is 24.7 Å². The van der Waals surface area contributed by atoms with Crippen molar-refractivity contribution in [3.63, 3.8) is 0 Å². The molecule has 1 aliphatic rings. The van der Waals surface area contributed by atoms with Gasteiger partial charge in [0.1, 0.15) is 17.3 Å². The fourth-order valence-electron chi connectivity index (χ4n) is 8.60. The molecule has 6 aromatic rings. The molecule has 0 N–H and O–H groups in total. The second kappa shape index (κ2) is 13.7. The SMILES string of the molecule is CC1=C[C@H](C)C[C@H](C)C1c1c(C)nn(-c2cc(Oc3ccc4c5ccccc5n(-c5cc(C(C)C)ccn5)c4c3)cc(C(C)(C)C)c2)c1CC(C)C. The summed E-state index contributed by atoms with van der Waals surface area (Å²) >= 11 is 0. The number of ether oxygens (including phenoxy) is 1. The van der Waals surface area contributed by atoms with Gasteiger partial charge in [0.2, 0.25) is 0 Å². The molecule has 1 aliphatic carbocycles. The molecule has 7 rings (SSSR count). The van der Waals surface area contributed by atoms with Crippen molar-refractivity contribution in [1.29, 1.82) is 0 Å². The van der Waals surface area contributed by atoms with Crippen LogP contribution in [0.2, 0.25) is 0 Å². The monoisotopic (exact) mass is 692 g/mol. The van der Waals surface area contributed by atoms with Gasteiger partial charge in [0.25, 0.3) is 0 Å². The van der Waals surface area contributed by atoms with Crippen molar-refractivity contribution < 1.29 is 4.74 Å². The first-order chi connectivity index (χ1) is 24.7. The summed E-state index contributed by atoms with van der Waals surface area (Å²) in [4.78, 5) is 4.86. The van der Waals surface area contributed by atoms with E-state index in [1.165, 1.54) is 45.2 Å². The Labute approximate surface area is 310 Å². The van der Waals surface area contributed by atoms with E-state index in [0.717, 1.165) is 46.2 Å². The van der Waals surface area contributed by atoms with E-state index in [0.29, 0.717) is 29.6 Å². The summed E-state index contributed by atoms with van der Waals surface area (Å²) < 4.78 is 11.4. The molecule has 3 aromatic heterocycles. The quantitative estimate of drug-likeness (QED) is 0.149. The van der Waals surface area contributed by atoms with Crippen LogP contribution >= 0.6 is 0 Å². The largest absolute Gasteiger partial charge is 0.457 e. The van der Waals surface area contributed by atoms with Gasteiger partial charge in [-0.15, -0.1) is 0 Å². The van der Waals surface area contributed by atoms with Gasteiger partial charge in [-0.2, -0.15) is 5.10 Å². The van der Waals surface area contributed by atoms with Crippen molar-refractivity contribution in [3.05, 3.63) is 119 Å². The normalized spacial score (nSPS) is 18.2. The molecule has 0 saturated heterocycles. The van der Waals surface area contributed by atoms with E-state index < -0.39 is 0 Å². The highest BCUT2D eigenvalue weighted by atomic mass is 16.5. The molecule has 5 nitrogen and oxygen atoms in total. The Morgan fingerprint density at radius 3 is 2.31 bits per heavy atom. The molecule has 0 aliphatic heterocycles. The maximum atomic E-state index is 6.87. The zero-order valence-corrected chi connectivity index (χ0v) is 33.1. The minimum Gasteiger partial charge on any atom is -0.457 e. The Kier molecular flexibility index (Phi) is 9.44. The van der Waals surface area contributed by atoms with E-state index >= 15 is 0 Å². The first-order valence-corrected chi connectivity index (χ1v) is 19.3. The van der Waals surface area contributed by atoms with Gasteiger partial charge in [-0.25, -0.2) is 9.67 Å². The Morgan fingerprint density at radius 2 is 1.60 bits per heavy atom. The molecule has 270 valence electrons. The second-order valence-electron chi connectivity index (χ2n) is 17.2. The molecule has 0 spiro atoms. The third-order valence-electron chi connectivity index (χ3n) is 11.0. The Hall–Kier alpha value is -4.64. The number of para-hydroxylation sites is 1. The minimum atomic E-state index is -0.0891. The number of hydrogen-bond acceptors (Lipinski definition) is 3. The van der Waals surface area contributed by atoms with Crippen molar-refractivity contribution in [2.75, 3.05) is 0 Å². The first-order valence-electron chi connectivity index (χ1n) is 19.3. The number of pyridine rings is 1. The Bertz CT molecular complexity index is 2290. The van der Waals surface area contributed by atoms with E-state index in [9.17, 15) is 0 Å². The van der Waals surface area contributed by atoms with Crippen molar-refractivity contribution in [3.8, 4) is 23.0 Å². The summed E-state index contributed by atoms with van der Waals surface area (Å²) in [6, 6.07) is 26.1. The number of fused-ring (bicyclic) bond motifs is 3. The van der Waals surface area contributed by atoms with E-state index in [1.807, 2.05) is 6.20 Å². The molecule has 0 amide bonds. The van der Waals surface area contributed by atoms with Crippen LogP contribution in [0.3, 0.4) is 0 Å². The molecule has 52 heavy (non-hydrogen) atoms. The first kappa shape index (κ1) is 35.7. The predicted molar refractivity (Wildman–Crippen MR) is 218 cm³/mol. The summed E-state index contributed by atoms with van der Waals surface area (Å²) in [5.41, 5.74) is 11.0. The smallest absolute Gasteiger partial charge is 0.137 e. The van der Waals surface area contributed by atoms with Crippen molar-refractivity contribution in [2.24, 2.45) is 17.8 Å². The van der Waals surface area contributed by atoms with E-state index in [2.05, 4.69) is 164 Å². The molecule has 5 heteroatoms. The lowest BCUT2D eigenvalue weighted by atomic mass is 9.72. The number of nitrogens with zero attached hydrogens (tertiary/aromatic N) is 4. The van der Waals surface area contributed by atoms with E-state index in [-0.39, 0.29) is 5.41 Å². The van der Waals surface area contributed by atoms with Gasteiger partial charge in [0, 0.05) is 46.3 Å². The third-order valence-corrected chi connectivity index (χ3v) is 11.0. The molecule has 0 bridgehead atoms. The summed E-state index contributed by atoms with van der Waals surface area (Å²) in [5.74, 6) is 4.98. The lowest BCUT2D eigenvalue weighted by Crippen LogP contribution is -2.21. The maximum Gasteiger partial charge on any atom is 0.137 e. The molecule has 0 saturated carbocycles. The zero-order chi connectivity index (χ0) is 37.1. The van der Waals surface area contributed by atoms with Crippen LogP contribution in [0.4, 0.5) is 0 Å². The number of aromatic nitrogens is 4. The van der Waals surface area contributed by atoms with Gasteiger partial charge < -0.3 is 4.74 Å². The predicted octanol–water partition coefficient (Wildman–Crippen LogP) is 12.8. The second-order valence-corrected chi connectivity index (χ2v) is 17.2. The molecule has 3 aromatic carbocycles. The van der Waals surface area contributed by atoms with Crippen molar-refractivity contribution >= 4 is 21.8 Å². The van der Waals surface area contributed by atoms with E-state index in [1.54, 1.807) is 0 Å². The standard InChI is InChI=1S/C47H56N4O/c1-28(2)20-43-46(45-31(6)21-30(5)22-32(45)7)33(8)49-51(43)36-24-35(47(9,10)11)25-38(26-36)52-37-16-17-40-39-14-12-13-15-41(39)50(42(40)27-37)44-23-34(29(3)4)18-19-48-44/h12-19,21,23-30,32,45H,20,22H2,1-11H3/t30-,32-,45?/m0/s1. The lowest BCUT2D eigenvalue weighted by molar-refractivity contribution is 0.388. The minimum absolute atomic E-state index is 0.0891. The van der Waals surface area contributed by atoms with Crippen LogP contribution in [0.25, 0.3) is 33.3 Å². The summed E-state index contributed by atoms with van der Waals surface area (Å²) in [7, 11) is 0. The van der Waals surface area contributed by atoms with Crippen LogP contribution in [0.5, 0.6) is 11.5 Å². The number of allylic oxidation sites excluding steroid dienone is 2. The molecule has 3 heterocycles. The number of benzene rings is 3. The van der Waals surface area contributed by atoms with Crippen LogP contribution in [-0.4, -0.2) is 19.3 Å². The molecule has 3 atom stereocenters. The Balaban J connectivity index is 1.36. The van der Waals surface area contributed by atoms with Crippen LogP contribution in [-0.2, 0) is 11.8 Å². The number of hydrogen-bond donors (Lipinski definition) is 0. The molecular weight excluding hydrogens is 637 g/mol. The topological polar surface area (TPSA) is 44.9 Å². The van der Waals surface area contributed by atoms with Crippen LogP contribution < -0.4 is 4.74 Å². The highest BCUT2D eigenvalue weighted by Crippen LogP contribution is 2.44. The molecule has 0 radical (unpaired) electrons. The van der Waals surface area contributed by atoms with Gasteiger partial charge in [-0.05, 0) is 109 Å². The van der Waals surface area contributed by atoms with Crippen LogP contribution in [0.1, 0.15) is 116 Å².